The monoisotopic (exact) mass is 354 g/mol. The zero-order valence-electron chi connectivity index (χ0n) is 11.9. The van der Waals surface area contributed by atoms with Gasteiger partial charge >= 0.3 is 0 Å². The molecule has 2 aromatic rings. The third kappa shape index (κ3) is 4.23. The molecule has 108 valence electrons. The summed E-state index contributed by atoms with van der Waals surface area (Å²) in [7, 11) is 5.84. The van der Waals surface area contributed by atoms with E-state index in [2.05, 4.69) is 64.5 Å². The van der Waals surface area contributed by atoms with E-state index in [1.54, 1.807) is 18.4 Å². The highest BCUT2D eigenvalue weighted by atomic mass is 79.9. The number of thiophene rings is 1. The molecule has 0 saturated heterocycles. The van der Waals surface area contributed by atoms with Crippen LogP contribution < -0.4 is 10.1 Å². The van der Waals surface area contributed by atoms with E-state index in [1.165, 1.54) is 10.4 Å². The predicted molar refractivity (Wildman–Crippen MR) is 89.7 cm³/mol. The average molecular weight is 355 g/mol. The number of nitrogens with one attached hydrogen (secondary N) is 1. The van der Waals surface area contributed by atoms with Crippen molar-refractivity contribution in [2.24, 2.45) is 0 Å². The maximum absolute atomic E-state index is 5.42. The first kappa shape index (κ1) is 15.4. The summed E-state index contributed by atoms with van der Waals surface area (Å²) in [4.78, 5) is 3.44. The maximum Gasteiger partial charge on any atom is 0.141 e. The van der Waals surface area contributed by atoms with Gasteiger partial charge in [-0.3, -0.25) is 0 Å². The molecule has 1 N–H and O–H groups in total. The minimum absolute atomic E-state index is 0.804. The van der Waals surface area contributed by atoms with Crippen LogP contribution in [0, 0.1) is 0 Å². The summed E-state index contributed by atoms with van der Waals surface area (Å²) in [6.45, 7) is 1.72. The van der Waals surface area contributed by atoms with Gasteiger partial charge in [0.25, 0.3) is 0 Å². The van der Waals surface area contributed by atoms with Crippen molar-refractivity contribution >= 4 is 33.0 Å². The fourth-order valence-corrected chi connectivity index (χ4v) is 3.41. The lowest BCUT2D eigenvalue weighted by Gasteiger charge is -2.14. The van der Waals surface area contributed by atoms with E-state index in [9.17, 15) is 0 Å². The standard InChI is InChI=1S/C15H19BrN2OS/c1-18(2)10-11-4-6-14(19-3)13(8-11)17-9-12-5-7-15(16)20-12/h4-8,17H,9-10H2,1-3H3. The quantitative estimate of drug-likeness (QED) is 0.841. The average Bonchev–Trinajstić information content (AvgIpc) is 2.82. The van der Waals surface area contributed by atoms with Gasteiger partial charge in [0, 0.05) is 18.0 Å². The molecule has 0 aliphatic carbocycles. The molecule has 1 heterocycles. The Bertz CT molecular complexity index is 569. The second kappa shape index (κ2) is 7.11. The Morgan fingerprint density at radius 2 is 2.05 bits per heavy atom. The SMILES string of the molecule is COc1ccc(CN(C)C)cc1NCc1ccc(Br)s1. The molecule has 5 heteroatoms. The van der Waals surface area contributed by atoms with Gasteiger partial charge in [-0.25, -0.2) is 0 Å². The number of hydrogen-bond donors (Lipinski definition) is 1. The highest BCUT2D eigenvalue weighted by molar-refractivity contribution is 9.11. The maximum atomic E-state index is 5.42. The largest absolute Gasteiger partial charge is 0.495 e. The molecule has 0 radical (unpaired) electrons. The lowest BCUT2D eigenvalue weighted by Crippen LogP contribution is -2.11. The summed E-state index contributed by atoms with van der Waals surface area (Å²) in [5, 5.41) is 3.45. The van der Waals surface area contributed by atoms with Gasteiger partial charge in [-0.05, 0) is 59.9 Å². The molecule has 0 spiro atoms. The van der Waals surface area contributed by atoms with Crippen molar-refractivity contribution in [1.29, 1.82) is 0 Å². The molecule has 0 atom stereocenters. The minimum Gasteiger partial charge on any atom is -0.495 e. The summed E-state index contributed by atoms with van der Waals surface area (Å²) in [6, 6.07) is 10.5. The first-order valence-corrected chi connectivity index (χ1v) is 7.99. The van der Waals surface area contributed by atoms with Crippen LogP contribution in [0.3, 0.4) is 0 Å². The van der Waals surface area contributed by atoms with Gasteiger partial charge < -0.3 is 15.0 Å². The number of anilines is 1. The Balaban J connectivity index is 2.11. The molecule has 0 fully saturated rings. The number of hydrogen-bond acceptors (Lipinski definition) is 4. The summed E-state index contributed by atoms with van der Waals surface area (Å²) >= 11 is 5.23. The first-order chi connectivity index (χ1) is 9.58. The topological polar surface area (TPSA) is 24.5 Å². The van der Waals surface area contributed by atoms with E-state index in [-0.39, 0.29) is 0 Å². The summed E-state index contributed by atoms with van der Waals surface area (Å²) in [5.41, 5.74) is 2.31. The lowest BCUT2D eigenvalue weighted by molar-refractivity contribution is 0.400. The molecule has 1 aromatic carbocycles. The van der Waals surface area contributed by atoms with E-state index in [0.29, 0.717) is 0 Å². The van der Waals surface area contributed by atoms with Gasteiger partial charge in [-0.2, -0.15) is 0 Å². The van der Waals surface area contributed by atoms with Crippen LogP contribution >= 0.6 is 27.3 Å². The lowest BCUT2D eigenvalue weighted by atomic mass is 10.1. The number of benzene rings is 1. The Morgan fingerprint density at radius 1 is 1.25 bits per heavy atom. The Kier molecular flexibility index (Phi) is 5.46. The van der Waals surface area contributed by atoms with Crippen molar-refractivity contribution in [3.05, 3.63) is 44.6 Å². The van der Waals surface area contributed by atoms with E-state index in [0.717, 1.165) is 28.3 Å². The number of nitrogens with zero attached hydrogens (tertiary/aromatic N) is 1. The number of halogens is 1. The van der Waals surface area contributed by atoms with E-state index in [1.807, 2.05) is 6.07 Å². The van der Waals surface area contributed by atoms with Crippen LogP contribution in [-0.4, -0.2) is 26.1 Å². The van der Waals surface area contributed by atoms with Gasteiger partial charge in [0.05, 0.1) is 16.6 Å². The zero-order chi connectivity index (χ0) is 14.5. The number of methoxy groups -OCH3 is 1. The molecule has 2 rings (SSSR count). The molecule has 1 aromatic heterocycles. The third-order valence-electron chi connectivity index (χ3n) is 2.84. The van der Waals surface area contributed by atoms with E-state index in [4.69, 9.17) is 4.74 Å². The van der Waals surface area contributed by atoms with E-state index < -0.39 is 0 Å². The minimum atomic E-state index is 0.804. The molecule has 20 heavy (non-hydrogen) atoms. The van der Waals surface area contributed by atoms with Crippen LogP contribution in [-0.2, 0) is 13.1 Å². The van der Waals surface area contributed by atoms with Crippen LogP contribution in [0.4, 0.5) is 5.69 Å². The Hall–Kier alpha value is -1.04. The zero-order valence-corrected chi connectivity index (χ0v) is 14.3. The molecule has 0 bridgehead atoms. The van der Waals surface area contributed by atoms with Crippen molar-refractivity contribution in [1.82, 2.24) is 4.90 Å². The summed E-state index contributed by atoms with van der Waals surface area (Å²) in [6.07, 6.45) is 0. The van der Waals surface area contributed by atoms with Crippen LogP contribution in [0.2, 0.25) is 0 Å². The highest BCUT2D eigenvalue weighted by Gasteiger charge is 2.06. The molecule has 0 aliphatic heterocycles. The molecule has 3 nitrogen and oxygen atoms in total. The van der Waals surface area contributed by atoms with Crippen molar-refractivity contribution in [3.8, 4) is 5.75 Å². The van der Waals surface area contributed by atoms with E-state index >= 15 is 0 Å². The summed E-state index contributed by atoms with van der Waals surface area (Å²) < 4.78 is 6.57. The van der Waals surface area contributed by atoms with Crippen LogP contribution in [0.5, 0.6) is 5.75 Å². The molecule has 0 amide bonds. The highest BCUT2D eigenvalue weighted by Crippen LogP contribution is 2.28. The third-order valence-corrected chi connectivity index (χ3v) is 4.47. The van der Waals surface area contributed by atoms with Crippen LogP contribution in [0.25, 0.3) is 0 Å². The van der Waals surface area contributed by atoms with Crippen molar-refractivity contribution < 1.29 is 4.74 Å². The molecular formula is C15H19BrN2OS. The fraction of sp³-hybridized carbons (Fsp3) is 0.333. The van der Waals surface area contributed by atoms with Gasteiger partial charge in [0.1, 0.15) is 5.75 Å². The first-order valence-electron chi connectivity index (χ1n) is 6.38. The number of rotatable bonds is 6. The Morgan fingerprint density at radius 3 is 2.65 bits per heavy atom. The van der Waals surface area contributed by atoms with Gasteiger partial charge in [-0.15, -0.1) is 11.3 Å². The van der Waals surface area contributed by atoms with Gasteiger partial charge in [0.15, 0.2) is 0 Å². The molecule has 0 aliphatic rings. The van der Waals surface area contributed by atoms with Crippen molar-refractivity contribution in [2.75, 3.05) is 26.5 Å². The predicted octanol–water partition coefficient (Wildman–Crippen LogP) is 4.19. The molecule has 0 unspecified atom stereocenters. The number of ether oxygens (including phenoxy) is 1. The van der Waals surface area contributed by atoms with Gasteiger partial charge in [-0.1, -0.05) is 6.07 Å². The summed E-state index contributed by atoms with van der Waals surface area (Å²) in [5.74, 6) is 0.878. The van der Waals surface area contributed by atoms with Crippen LogP contribution in [0.15, 0.2) is 34.1 Å². The normalized spacial score (nSPS) is 10.8. The molecule has 0 saturated carbocycles. The Labute approximate surface area is 132 Å². The van der Waals surface area contributed by atoms with Crippen molar-refractivity contribution in [3.63, 3.8) is 0 Å². The van der Waals surface area contributed by atoms with Crippen LogP contribution in [0.1, 0.15) is 10.4 Å². The molecular weight excluding hydrogens is 336 g/mol. The second-order valence-corrected chi connectivity index (χ2v) is 7.38. The van der Waals surface area contributed by atoms with Gasteiger partial charge in [0.2, 0.25) is 0 Å². The van der Waals surface area contributed by atoms with Crippen molar-refractivity contribution in [2.45, 2.75) is 13.1 Å². The second-order valence-electron chi connectivity index (χ2n) is 4.83. The fourth-order valence-electron chi connectivity index (χ4n) is 1.99. The smallest absolute Gasteiger partial charge is 0.141 e.